The van der Waals surface area contributed by atoms with E-state index in [4.69, 9.17) is 15.6 Å². The number of carboxylic acid groups (broad SMARTS) is 1. The number of aromatic carboxylic acids is 1. The summed E-state index contributed by atoms with van der Waals surface area (Å²) in [5.41, 5.74) is 3.49. The quantitative estimate of drug-likeness (QED) is 0.502. The van der Waals surface area contributed by atoms with Gasteiger partial charge in [-0.25, -0.2) is 14.0 Å². The van der Waals surface area contributed by atoms with Crippen molar-refractivity contribution < 1.29 is 34.0 Å². The Labute approximate surface area is 138 Å². The second-order valence-electron chi connectivity index (χ2n) is 6.16. The molecule has 134 valence electrons. The predicted molar refractivity (Wildman–Crippen MR) is 83.0 cm³/mol. The van der Waals surface area contributed by atoms with Gasteiger partial charge in [-0.1, -0.05) is 0 Å². The maximum Gasteiger partial charge on any atom is 0.407 e. The van der Waals surface area contributed by atoms with E-state index in [1.165, 1.54) is 0 Å². The van der Waals surface area contributed by atoms with Crippen LogP contribution in [0.25, 0.3) is 0 Å². The lowest BCUT2D eigenvalue weighted by Crippen LogP contribution is -2.39. The number of alkyl carbamates (subject to hydrolysis) is 1. The number of hydrogen-bond donors (Lipinski definition) is 5. The van der Waals surface area contributed by atoms with Crippen molar-refractivity contribution in [2.45, 2.75) is 38.6 Å². The van der Waals surface area contributed by atoms with Gasteiger partial charge < -0.3 is 31.1 Å². The molecule has 0 aliphatic rings. The smallest absolute Gasteiger partial charge is 0.407 e. The number of aliphatic hydroxyl groups excluding tert-OH is 2. The molecule has 1 amide bonds. The Kier molecular flexibility index (Phi) is 6.10. The van der Waals surface area contributed by atoms with Crippen molar-refractivity contribution in [2.24, 2.45) is 0 Å². The Bertz CT molecular complexity index is 629. The second-order valence-corrected chi connectivity index (χ2v) is 6.16. The number of nitrogens with two attached hydrogens (primary N) is 1. The molecule has 6 N–H and O–H groups in total. The highest BCUT2D eigenvalue weighted by Crippen LogP contribution is 2.25. The molecule has 0 heterocycles. The Morgan fingerprint density at radius 1 is 1.33 bits per heavy atom. The monoisotopic (exact) mass is 344 g/mol. The average Bonchev–Trinajstić information content (AvgIpc) is 2.41. The van der Waals surface area contributed by atoms with E-state index in [0.717, 1.165) is 12.1 Å². The first kappa shape index (κ1) is 19.7. The number of aliphatic hydroxyl groups is 2. The molecule has 0 saturated heterocycles. The summed E-state index contributed by atoms with van der Waals surface area (Å²) in [6.07, 6.45) is -4.17. The SMILES string of the molecule is CC(C)(C)OC(=O)NCC(O)C(O)c1cc(C(=O)O)c(N)cc1F. The predicted octanol–water partition coefficient (Wildman–Crippen LogP) is 1.03. The number of anilines is 1. The first-order valence-electron chi connectivity index (χ1n) is 7.07. The number of nitrogen functional groups attached to an aromatic ring is 1. The Balaban J connectivity index is 2.82. The van der Waals surface area contributed by atoms with Crippen LogP contribution in [0.2, 0.25) is 0 Å². The number of carbonyl (C=O) groups is 2. The lowest BCUT2D eigenvalue weighted by Gasteiger charge is -2.22. The number of amides is 1. The molecule has 0 aliphatic carbocycles. The molecular weight excluding hydrogens is 323 g/mol. The summed E-state index contributed by atoms with van der Waals surface area (Å²) in [7, 11) is 0. The molecule has 0 bridgehead atoms. The fraction of sp³-hybridized carbons (Fsp3) is 0.467. The molecule has 1 aromatic rings. The van der Waals surface area contributed by atoms with Gasteiger partial charge in [-0.3, -0.25) is 0 Å². The Hall–Kier alpha value is -2.39. The molecule has 0 spiro atoms. The zero-order chi connectivity index (χ0) is 18.7. The van der Waals surface area contributed by atoms with Crippen LogP contribution in [0.3, 0.4) is 0 Å². The Morgan fingerprint density at radius 2 is 1.92 bits per heavy atom. The van der Waals surface area contributed by atoms with Crippen LogP contribution in [0.4, 0.5) is 14.9 Å². The van der Waals surface area contributed by atoms with E-state index in [0.29, 0.717) is 0 Å². The second kappa shape index (κ2) is 7.45. The number of nitrogens with one attached hydrogen (secondary N) is 1. The highest BCUT2D eigenvalue weighted by Gasteiger charge is 2.25. The van der Waals surface area contributed by atoms with E-state index in [9.17, 15) is 24.2 Å². The maximum absolute atomic E-state index is 13.9. The minimum Gasteiger partial charge on any atom is -0.478 e. The lowest BCUT2D eigenvalue weighted by molar-refractivity contribution is 0.0113. The summed E-state index contributed by atoms with van der Waals surface area (Å²) in [5, 5.41) is 31.1. The van der Waals surface area contributed by atoms with Gasteiger partial charge in [0.25, 0.3) is 0 Å². The zero-order valence-corrected chi connectivity index (χ0v) is 13.5. The minimum absolute atomic E-state index is 0.308. The first-order valence-corrected chi connectivity index (χ1v) is 7.07. The molecule has 2 unspecified atom stereocenters. The van der Waals surface area contributed by atoms with Gasteiger partial charge in [0.05, 0.1) is 5.56 Å². The van der Waals surface area contributed by atoms with Crippen molar-refractivity contribution >= 4 is 17.7 Å². The number of carbonyl (C=O) groups excluding carboxylic acids is 1. The largest absolute Gasteiger partial charge is 0.478 e. The molecule has 0 aliphatic heterocycles. The standard InChI is InChI=1S/C15H21FN2O6/c1-15(2,3)24-14(23)18-6-11(19)12(20)7-4-8(13(21)22)10(17)5-9(7)16/h4-5,11-12,19-20H,6,17H2,1-3H3,(H,18,23)(H,21,22). The third-order valence-electron chi connectivity index (χ3n) is 2.94. The van der Waals surface area contributed by atoms with E-state index >= 15 is 0 Å². The van der Waals surface area contributed by atoms with Crippen molar-refractivity contribution in [3.63, 3.8) is 0 Å². The first-order chi connectivity index (χ1) is 10.9. The van der Waals surface area contributed by atoms with Crippen molar-refractivity contribution in [1.29, 1.82) is 0 Å². The van der Waals surface area contributed by atoms with E-state index in [1.807, 2.05) is 0 Å². The van der Waals surface area contributed by atoms with Gasteiger partial charge in [0.15, 0.2) is 0 Å². The van der Waals surface area contributed by atoms with Crippen LogP contribution in [0.5, 0.6) is 0 Å². The van der Waals surface area contributed by atoms with Crippen molar-refractivity contribution in [1.82, 2.24) is 5.32 Å². The summed E-state index contributed by atoms with van der Waals surface area (Å²) in [5.74, 6) is -2.37. The molecule has 2 atom stereocenters. The van der Waals surface area contributed by atoms with Crippen LogP contribution in [0.1, 0.15) is 42.8 Å². The molecule has 9 heteroatoms. The van der Waals surface area contributed by atoms with Crippen LogP contribution in [-0.4, -0.2) is 45.6 Å². The third kappa shape index (κ3) is 5.36. The van der Waals surface area contributed by atoms with Gasteiger partial charge in [0.1, 0.15) is 23.6 Å². The number of halogens is 1. The molecule has 0 fully saturated rings. The number of benzene rings is 1. The van der Waals surface area contributed by atoms with Crippen LogP contribution in [0.15, 0.2) is 12.1 Å². The molecule has 0 aromatic heterocycles. The van der Waals surface area contributed by atoms with E-state index in [-0.39, 0.29) is 5.69 Å². The summed E-state index contributed by atoms with van der Waals surface area (Å²) in [6.45, 7) is 4.52. The normalized spacial score (nSPS) is 13.9. The molecule has 0 radical (unpaired) electrons. The van der Waals surface area contributed by atoms with Crippen LogP contribution in [-0.2, 0) is 4.74 Å². The van der Waals surface area contributed by atoms with Crippen molar-refractivity contribution in [3.8, 4) is 0 Å². The topological polar surface area (TPSA) is 142 Å². The van der Waals surface area contributed by atoms with E-state index in [2.05, 4.69) is 5.32 Å². The van der Waals surface area contributed by atoms with Gasteiger partial charge in [0.2, 0.25) is 0 Å². The molecule has 1 rings (SSSR count). The fourth-order valence-corrected chi connectivity index (χ4v) is 1.84. The van der Waals surface area contributed by atoms with Crippen LogP contribution >= 0.6 is 0 Å². The van der Waals surface area contributed by atoms with Gasteiger partial charge in [-0.15, -0.1) is 0 Å². The van der Waals surface area contributed by atoms with Crippen molar-refractivity contribution in [3.05, 3.63) is 29.1 Å². The summed E-state index contributed by atoms with van der Waals surface area (Å²) < 4.78 is 18.8. The van der Waals surface area contributed by atoms with Gasteiger partial charge in [-0.05, 0) is 32.9 Å². The number of rotatable bonds is 5. The molecule has 1 aromatic carbocycles. The van der Waals surface area contributed by atoms with Crippen LogP contribution in [0, 0.1) is 5.82 Å². The van der Waals surface area contributed by atoms with Crippen molar-refractivity contribution in [2.75, 3.05) is 12.3 Å². The highest BCUT2D eigenvalue weighted by atomic mass is 19.1. The number of ether oxygens (including phenoxy) is 1. The van der Waals surface area contributed by atoms with E-state index < -0.39 is 53.4 Å². The molecule has 8 nitrogen and oxygen atoms in total. The molecule has 0 saturated carbocycles. The molecule has 24 heavy (non-hydrogen) atoms. The molecular formula is C15H21FN2O6. The Morgan fingerprint density at radius 3 is 2.42 bits per heavy atom. The van der Waals surface area contributed by atoms with Crippen LogP contribution < -0.4 is 11.1 Å². The van der Waals surface area contributed by atoms with Gasteiger partial charge in [0, 0.05) is 17.8 Å². The lowest BCUT2D eigenvalue weighted by atomic mass is 10.00. The summed E-state index contributed by atoms with van der Waals surface area (Å²) >= 11 is 0. The van der Waals surface area contributed by atoms with Gasteiger partial charge in [-0.2, -0.15) is 0 Å². The average molecular weight is 344 g/mol. The van der Waals surface area contributed by atoms with E-state index in [1.54, 1.807) is 20.8 Å². The summed E-state index contributed by atoms with van der Waals surface area (Å²) in [4.78, 5) is 22.5. The minimum atomic E-state index is -1.77. The number of hydrogen-bond acceptors (Lipinski definition) is 6. The summed E-state index contributed by atoms with van der Waals surface area (Å²) in [6, 6.07) is 1.59. The highest BCUT2D eigenvalue weighted by molar-refractivity contribution is 5.93. The van der Waals surface area contributed by atoms with Gasteiger partial charge >= 0.3 is 12.1 Å². The zero-order valence-electron chi connectivity index (χ0n) is 13.5. The maximum atomic E-state index is 13.9. The third-order valence-corrected chi connectivity index (χ3v) is 2.94. The number of carboxylic acids is 1. The fourth-order valence-electron chi connectivity index (χ4n) is 1.84.